The molecule has 7 nitrogen and oxygen atoms in total. The Bertz CT molecular complexity index is 500. The van der Waals surface area contributed by atoms with Crippen molar-refractivity contribution in [2.45, 2.75) is 70.6 Å². The van der Waals surface area contributed by atoms with E-state index in [1.807, 2.05) is 6.92 Å². The number of hydrogen-bond acceptors (Lipinski definition) is 6. The summed E-state index contributed by atoms with van der Waals surface area (Å²) in [6.07, 6.45) is -0.277. The highest BCUT2D eigenvalue weighted by molar-refractivity contribution is 5.89. The minimum Gasteiger partial charge on any atom is -0.444 e. The van der Waals surface area contributed by atoms with Crippen molar-refractivity contribution in [3.05, 3.63) is 12.7 Å². The molecular formula is C17H27NO6. The van der Waals surface area contributed by atoms with Gasteiger partial charge in [-0.05, 0) is 27.2 Å². The normalized spacial score (nSPS) is 33.5. The van der Waals surface area contributed by atoms with Gasteiger partial charge in [0, 0.05) is 12.3 Å². The van der Waals surface area contributed by atoms with E-state index < -0.39 is 30.0 Å². The summed E-state index contributed by atoms with van der Waals surface area (Å²) in [7, 11) is 0. The van der Waals surface area contributed by atoms with Gasteiger partial charge in [-0.15, -0.1) is 6.58 Å². The lowest BCUT2D eigenvalue weighted by molar-refractivity contribution is -0.00450. The fraction of sp³-hybridized carbons (Fsp3) is 0.765. The van der Waals surface area contributed by atoms with Crippen LogP contribution in [0.2, 0.25) is 0 Å². The smallest absolute Gasteiger partial charge is 0.419 e. The largest absolute Gasteiger partial charge is 0.444 e. The lowest BCUT2D eigenvalue weighted by atomic mass is 9.94. The number of ether oxygens (including phenoxy) is 3. The molecule has 1 N–H and O–H groups in total. The van der Waals surface area contributed by atoms with Crippen LogP contribution in [0.3, 0.4) is 0 Å². The van der Waals surface area contributed by atoms with Crippen molar-refractivity contribution in [2.24, 2.45) is 5.92 Å². The first-order valence-electron chi connectivity index (χ1n) is 8.28. The van der Waals surface area contributed by atoms with Gasteiger partial charge in [0.05, 0.1) is 24.9 Å². The first-order valence-corrected chi connectivity index (χ1v) is 8.28. The van der Waals surface area contributed by atoms with E-state index in [0.29, 0.717) is 12.8 Å². The molecule has 7 heteroatoms. The minimum absolute atomic E-state index is 0.0794. The van der Waals surface area contributed by atoms with Gasteiger partial charge >= 0.3 is 12.2 Å². The van der Waals surface area contributed by atoms with Gasteiger partial charge < -0.3 is 19.3 Å². The van der Waals surface area contributed by atoms with Crippen molar-refractivity contribution in [3.8, 4) is 0 Å². The van der Waals surface area contributed by atoms with Gasteiger partial charge in [-0.3, -0.25) is 0 Å². The molecule has 2 fully saturated rings. The van der Waals surface area contributed by atoms with E-state index in [1.54, 1.807) is 26.8 Å². The molecule has 5 atom stereocenters. The van der Waals surface area contributed by atoms with E-state index in [0.717, 1.165) is 4.90 Å². The summed E-state index contributed by atoms with van der Waals surface area (Å²) in [4.78, 5) is 24.9. The average Bonchev–Trinajstić information content (AvgIpc) is 2.94. The SMILES string of the molecule is C=CC[C@@H]1OC(C[C@H]2CN(C(=O)OC(C)(C)C)C(=O)O2)[C@H](C)[C@H]1O. The van der Waals surface area contributed by atoms with Crippen molar-refractivity contribution in [3.63, 3.8) is 0 Å². The molecule has 2 saturated heterocycles. The molecule has 0 radical (unpaired) electrons. The Hall–Kier alpha value is -1.60. The summed E-state index contributed by atoms with van der Waals surface area (Å²) in [5.41, 5.74) is -0.680. The number of rotatable bonds is 4. The maximum Gasteiger partial charge on any atom is 0.419 e. The third-order valence-electron chi connectivity index (χ3n) is 4.24. The van der Waals surface area contributed by atoms with E-state index in [4.69, 9.17) is 14.2 Å². The number of aliphatic hydroxyl groups excluding tert-OH is 1. The minimum atomic E-state index is -0.708. The predicted molar refractivity (Wildman–Crippen MR) is 86.5 cm³/mol. The predicted octanol–water partition coefficient (Wildman–Crippen LogP) is 2.47. The van der Waals surface area contributed by atoms with Crippen LogP contribution in [0.5, 0.6) is 0 Å². The van der Waals surface area contributed by atoms with Crippen molar-refractivity contribution < 1.29 is 28.9 Å². The Morgan fingerprint density at radius 2 is 2.12 bits per heavy atom. The molecule has 0 bridgehead atoms. The van der Waals surface area contributed by atoms with Gasteiger partial charge in [0.1, 0.15) is 11.7 Å². The summed E-state index contributed by atoms with van der Waals surface area (Å²) in [6, 6.07) is 0. The maximum atomic E-state index is 12.0. The van der Waals surface area contributed by atoms with Gasteiger partial charge in [0.15, 0.2) is 0 Å². The van der Waals surface area contributed by atoms with Crippen LogP contribution in [0.15, 0.2) is 12.7 Å². The molecule has 136 valence electrons. The lowest BCUT2D eigenvalue weighted by Crippen LogP contribution is -2.38. The van der Waals surface area contributed by atoms with Gasteiger partial charge in [0.25, 0.3) is 0 Å². The molecule has 0 aromatic heterocycles. The van der Waals surface area contributed by atoms with Crippen LogP contribution in [0.4, 0.5) is 9.59 Å². The Kier molecular flexibility index (Phi) is 5.55. The summed E-state index contributed by atoms with van der Waals surface area (Å²) >= 11 is 0. The molecule has 0 aromatic carbocycles. The number of carbonyl (C=O) groups is 2. The second kappa shape index (κ2) is 7.11. The number of cyclic esters (lactones) is 1. The number of carbonyl (C=O) groups excluding carboxylic acids is 2. The summed E-state index contributed by atoms with van der Waals surface area (Å²) in [6.45, 7) is 10.9. The number of aliphatic hydroxyl groups is 1. The van der Waals surface area contributed by atoms with E-state index >= 15 is 0 Å². The Labute approximate surface area is 142 Å². The molecule has 2 aliphatic heterocycles. The zero-order valence-corrected chi connectivity index (χ0v) is 14.7. The zero-order chi connectivity index (χ0) is 18.1. The number of amides is 2. The third kappa shape index (κ3) is 4.27. The van der Waals surface area contributed by atoms with Crippen LogP contribution in [0.25, 0.3) is 0 Å². The number of hydrogen-bond donors (Lipinski definition) is 1. The van der Waals surface area contributed by atoms with Gasteiger partial charge in [0.2, 0.25) is 0 Å². The summed E-state index contributed by atoms with van der Waals surface area (Å²) < 4.78 is 16.3. The maximum absolute atomic E-state index is 12.0. The van der Waals surface area contributed by atoms with Crippen LogP contribution < -0.4 is 0 Å². The van der Waals surface area contributed by atoms with E-state index in [2.05, 4.69) is 6.58 Å². The monoisotopic (exact) mass is 341 g/mol. The Morgan fingerprint density at radius 1 is 1.46 bits per heavy atom. The first kappa shape index (κ1) is 18.7. The lowest BCUT2D eigenvalue weighted by Gasteiger charge is -2.22. The fourth-order valence-electron chi connectivity index (χ4n) is 2.99. The highest BCUT2D eigenvalue weighted by Gasteiger charge is 2.45. The third-order valence-corrected chi connectivity index (χ3v) is 4.24. The quantitative estimate of drug-likeness (QED) is 0.791. The molecule has 24 heavy (non-hydrogen) atoms. The second-order valence-corrected chi connectivity index (χ2v) is 7.42. The van der Waals surface area contributed by atoms with Crippen molar-refractivity contribution in [2.75, 3.05) is 6.54 Å². The zero-order valence-electron chi connectivity index (χ0n) is 14.7. The second-order valence-electron chi connectivity index (χ2n) is 7.42. The van der Waals surface area contributed by atoms with Crippen LogP contribution in [0.1, 0.15) is 40.5 Å². The van der Waals surface area contributed by atoms with E-state index in [9.17, 15) is 14.7 Å². The van der Waals surface area contributed by atoms with E-state index in [-0.39, 0.29) is 24.7 Å². The van der Waals surface area contributed by atoms with Crippen LogP contribution in [0, 0.1) is 5.92 Å². The van der Waals surface area contributed by atoms with Crippen molar-refractivity contribution in [1.82, 2.24) is 4.90 Å². The number of nitrogens with zero attached hydrogens (tertiary/aromatic N) is 1. The fourth-order valence-corrected chi connectivity index (χ4v) is 2.99. The standard InChI is InChI=1S/C17H27NO6/c1-6-7-12-14(19)10(2)13(23-12)8-11-9-18(15(20)22-11)16(21)24-17(3,4)5/h6,10-14,19H,1,7-9H2,2-5H3/t10-,11-,12-,13?,14+/m0/s1. The Balaban J connectivity index is 1.92. The first-order chi connectivity index (χ1) is 11.1. The Morgan fingerprint density at radius 3 is 2.71 bits per heavy atom. The highest BCUT2D eigenvalue weighted by Crippen LogP contribution is 2.33. The average molecular weight is 341 g/mol. The van der Waals surface area contributed by atoms with Crippen LogP contribution in [-0.2, 0) is 14.2 Å². The van der Waals surface area contributed by atoms with Gasteiger partial charge in [-0.1, -0.05) is 13.0 Å². The van der Waals surface area contributed by atoms with Gasteiger partial charge in [-0.2, -0.15) is 0 Å². The molecule has 0 aromatic rings. The molecule has 2 heterocycles. The summed E-state index contributed by atoms with van der Waals surface area (Å²) in [5.74, 6) is -0.0794. The molecule has 0 aliphatic carbocycles. The van der Waals surface area contributed by atoms with E-state index in [1.165, 1.54) is 0 Å². The molecule has 0 spiro atoms. The highest BCUT2D eigenvalue weighted by atomic mass is 16.6. The molecule has 2 rings (SSSR count). The molecule has 2 amide bonds. The molecule has 1 unspecified atom stereocenters. The molecule has 2 aliphatic rings. The van der Waals surface area contributed by atoms with Crippen molar-refractivity contribution in [1.29, 1.82) is 0 Å². The summed E-state index contributed by atoms with van der Waals surface area (Å²) in [5, 5.41) is 10.2. The van der Waals surface area contributed by atoms with Crippen LogP contribution in [-0.4, -0.2) is 58.8 Å². The van der Waals surface area contributed by atoms with Gasteiger partial charge in [-0.25, -0.2) is 14.5 Å². The molecular weight excluding hydrogens is 314 g/mol. The van der Waals surface area contributed by atoms with Crippen LogP contribution >= 0.6 is 0 Å². The number of imide groups is 1. The van der Waals surface area contributed by atoms with Crippen molar-refractivity contribution >= 4 is 12.2 Å². The molecule has 0 saturated carbocycles. The topological polar surface area (TPSA) is 85.3 Å².